The first kappa shape index (κ1) is 11.5. The molecule has 1 aromatic carbocycles. The molecule has 1 aromatic rings. The molecule has 0 aliphatic heterocycles. The molecule has 3 heteroatoms. The van der Waals surface area contributed by atoms with Gasteiger partial charge in [0, 0.05) is 11.6 Å². The summed E-state index contributed by atoms with van der Waals surface area (Å²) in [5, 5.41) is 0. The summed E-state index contributed by atoms with van der Waals surface area (Å²) in [5.41, 5.74) is 6.19. The monoisotopic (exact) mass is 225 g/mol. The van der Waals surface area contributed by atoms with E-state index in [4.69, 9.17) is 5.73 Å². The Morgan fingerprint density at radius 3 is 2.12 bits per heavy atom. The van der Waals surface area contributed by atoms with Gasteiger partial charge >= 0.3 is 0 Å². The van der Waals surface area contributed by atoms with Crippen molar-refractivity contribution in [2.75, 3.05) is 0 Å². The van der Waals surface area contributed by atoms with Crippen LogP contribution >= 0.6 is 0 Å². The van der Waals surface area contributed by atoms with Gasteiger partial charge in [0.1, 0.15) is 11.6 Å². The second-order valence-electron chi connectivity index (χ2n) is 4.92. The van der Waals surface area contributed by atoms with Gasteiger partial charge in [-0.1, -0.05) is 12.8 Å². The quantitative estimate of drug-likeness (QED) is 0.820. The van der Waals surface area contributed by atoms with E-state index in [1.807, 2.05) is 6.92 Å². The lowest BCUT2D eigenvalue weighted by atomic mass is 9.79. The third kappa shape index (κ3) is 2.09. The highest BCUT2D eigenvalue weighted by Crippen LogP contribution is 2.38. The zero-order chi connectivity index (χ0) is 11.8. The largest absolute Gasteiger partial charge is 0.321 e. The first-order valence-electron chi connectivity index (χ1n) is 5.75. The minimum absolute atomic E-state index is 0.327. The Labute approximate surface area is 94.7 Å². The number of hydrogen-bond acceptors (Lipinski definition) is 1. The summed E-state index contributed by atoms with van der Waals surface area (Å²) in [6.07, 6.45) is 4.42. The zero-order valence-electron chi connectivity index (χ0n) is 9.47. The Morgan fingerprint density at radius 2 is 1.62 bits per heavy atom. The smallest absolute Gasteiger partial charge is 0.126 e. The molecule has 0 aromatic heterocycles. The van der Waals surface area contributed by atoms with Crippen LogP contribution < -0.4 is 5.73 Å². The van der Waals surface area contributed by atoms with E-state index in [2.05, 4.69) is 0 Å². The summed E-state index contributed by atoms with van der Waals surface area (Å²) in [4.78, 5) is 0. The van der Waals surface area contributed by atoms with Crippen LogP contribution in [0.4, 0.5) is 8.78 Å². The maximum absolute atomic E-state index is 13.1. The third-order valence-electron chi connectivity index (χ3n) is 3.69. The van der Waals surface area contributed by atoms with E-state index in [-0.39, 0.29) is 0 Å². The predicted octanol–water partition coefficient (Wildman–Crippen LogP) is 3.33. The van der Waals surface area contributed by atoms with Gasteiger partial charge in [0.15, 0.2) is 0 Å². The van der Waals surface area contributed by atoms with Crippen molar-refractivity contribution in [3.63, 3.8) is 0 Å². The lowest BCUT2D eigenvalue weighted by Crippen LogP contribution is -2.40. The van der Waals surface area contributed by atoms with Crippen LogP contribution in [0.25, 0.3) is 0 Å². The fraction of sp³-hybridized carbons (Fsp3) is 0.538. The standard InChI is InChI=1S/C13H17F2N/c1-13(16,9-4-2-3-5-9)10-6-11(14)8-12(15)7-10/h6-9H,2-5,16H2,1H3. The minimum atomic E-state index is -0.626. The second kappa shape index (κ2) is 4.13. The van der Waals surface area contributed by atoms with Gasteiger partial charge in [0.25, 0.3) is 0 Å². The van der Waals surface area contributed by atoms with Gasteiger partial charge in [-0.15, -0.1) is 0 Å². The lowest BCUT2D eigenvalue weighted by Gasteiger charge is -2.32. The molecule has 1 aliphatic rings. The van der Waals surface area contributed by atoms with Crippen molar-refractivity contribution in [3.05, 3.63) is 35.4 Å². The van der Waals surface area contributed by atoms with E-state index in [1.165, 1.54) is 12.1 Å². The molecule has 2 N–H and O–H groups in total. The van der Waals surface area contributed by atoms with Crippen molar-refractivity contribution < 1.29 is 8.78 Å². The van der Waals surface area contributed by atoms with Crippen molar-refractivity contribution in [3.8, 4) is 0 Å². The SMILES string of the molecule is CC(N)(c1cc(F)cc(F)c1)C1CCCC1. The average molecular weight is 225 g/mol. The predicted molar refractivity (Wildman–Crippen MR) is 59.9 cm³/mol. The Kier molecular flexibility index (Phi) is 2.98. The fourth-order valence-corrected chi connectivity index (χ4v) is 2.63. The number of hydrogen-bond donors (Lipinski definition) is 1. The Hall–Kier alpha value is -0.960. The van der Waals surface area contributed by atoms with Crippen LogP contribution in [-0.4, -0.2) is 0 Å². The van der Waals surface area contributed by atoms with Crippen molar-refractivity contribution in [2.24, 2.45) is 11.7 Å². The summed E-state index contributed by atoms with van der Waals surface area (Å²) in [7, 11) is 0. The van der Waals surface area contributed by atoms with Crippen LogP contribution in [0.1, 0.15) is 38.2 Å². The van der Waals surface area contributed by atoms with Gasteiger partial charge in [0.05, 0.1) is 0 Å². The number of rotatable bonds is 2. The van der Waals surface area contributed by atoms with E-state index < -0.39 is 17.2 Å². The molecular formula is C13H17F2N. The Balaban J connectivity index is 2.33. The molecule has 0 spiro atoms. The highest BCUT2D eigenvalue weighted by molar-refractivity contribution is 5.26. The number of nitrogens with two attached hydrogens (primary N) is 1. The van der Waals surface area contributed by atoms with E-state index in [9.17, 15) is 8.78 Å². The van der Waals surface area contributed by atoms with Crippen molar-refractivity contribution in [2.45, 2.75) is 38.1 Å². The normalized spacial score (nSPS) is 21.0. The zero-order valence-corrected chi connectivity index (χ0v) is 9.47. The Morgan fingerprint density at radius 1 is 1.12 bits per heavy atom. The molecule has 0 heterocycles. The molecule has 0 radical (unpaired) electrons. The Bertz CT molecular complexity index is 361. The first-order valence-corrected chi connectivity index (χ1v) is 5.75. The van der Waals surface area contributed by atoms with Crippen LogP contribution in [0.3, 0.4) is 0 Å². The molecule has 1 nitrogen and oxygen atoms in total. The molecule has 16 heavy (non-hydrogen) atoms. The van der Waals surface area contributed by atoms with Crippen LogP contribution in [0, 0.1) is 17.6 Å². The highest BCUT2D eigenvalue weighted by atomic mass is 19.1. The van der Waals surface area contributed by atoms with E-state index in [0.717, 1.165) is 31.7 Å². The average Bonchev–Trinajstić information content (AvgIpc) is 2.69. The maximum atomic E-state index is 13.1. The topological polar surface area (TPSA) is 26.0 Å². The van der Waals surface area contributed by atoms with Gasteiger partial charge in [-0.25, -0.2) is 8.78 Å². The molecule has 2 rings (SSSR count). The summed E-state index contributed by atoms with van der Waals surface area (Å²) < 4.78 is 26.3. The molecule has 1 unspecified atom stereocenters. The van der Waals surface area contributed by atoms with Crippen molar-refractivity contribution >= 4 is 0 Å². The van der Waals surface area contributed by atoms with Gasteiger partial charge in [-0.3, -0.25) is 0 Å². The molecule has 1 saturated carbocycles. The van der Waals surface area contributed by atoms with Crippen LogP contribution in [0.2, 0.25) is 0 Å². The maximum Gasteiger partial charge on any atom is 0.126 e. The molecule has 1 aliphatic carbocycles. The fourth-order valence-electron chi connectivity index (χ4n) is 2.63. The van der Waals surface area contributed by atoms with Crippen LogP contribution in [-0.2, 0) is 5.54 Å². The van der Waals surface area contributed by atoms with Gasteiger partial charge in [0.2, 0.25) is 0 Å². The lowest BCUT2D eigenvalue weighted by molar-refractivity contribution is 0.304. The van der Waals surface area contributed by atoms with Crippen LogP contribution in [0.5, 0.6) is 0 Å². The first-order chi connectivity index (χ1) is 7.50. The minimum Gasteiger partial charge on any atom is -0.321 e. The second-order valence-corrected chi connectivity index (χ2v) is 4.92. The van der Waals surface area contributed by atoms with Gasteiger partial charge < -0.3 is 5.73 Å². The molecular weight excluding hydrogens is 208 g/mol. The highest BCUT2D eigenvalue weighted by Gasteiger charge is 2.34. The van der Waals surface area contributed by atoms with Crippen molar-refractivity contribution in [1.82, 2.24) is 0 Å². The van der Waals surface area contributed by atoms with Gasteiger partial charge in [-0.05, 0) is 43.4 Å². The van der Waals surface area contributed by atoms with E-state index >= 15 is 0 Å². The molecule has 0 bridgehead atoms. The summed E-state index contributed by atoms with van der Waals surface area (Å²) in [5.74, 6) is -0.775. The van der Waals surface area contributed by atoms with E-state index in [0.29, 0.717) is 11.5 Å². The summed E-state index contributed by atoms with van der Waals surface area (Å²) in [6, 6.07) is 3.58. The number of halogens is 2. The molecule has 0 amide bonds. The van der Waals surface area contributed by atoms with Crippen LogP contribution in [0.15, 0.2) is 18.2 Å². The molecule has 1 fully saturated rings. The van der Waals surface area contributed by atoms with Gasteiger partial charge in [-0.2, -0.15) is 0 Å². The summed E-state index contributed by atoms with van der Waals surface area (Å²) >= 11 is 0. The summed E-state index contributed by atoms with van der Waals surface area (Å²) in [6.45, 7) is 1.87. The molecule has 88 valence electrons. The van der Waals surface area contributed by atoms with Crippen molar-refractivity contribution in [1.29, 1.82) is 0 Å². The molecule has 1 atom stereocenters. The number of benzene rings is 1. The third-order valence-corrected chi connectivity index (χ3v) is 3.69. The molecule has 0 saturated heterocycles. The van der Waals surface area contributed by atoms with E-state index in [1.54, 1.807) is 0 Å².